The highest BCUT2D eigenvalue weighted by molar-refractivity contribution is 6.32. The Kier molecular flexibility index (Phi) is 5.51. The van der Waals surface area contributed by atoms with Gasteiger partial charge in [0.1, 0.15) is 5.75 Å². The molecule has 21 heavy (non-hydrogen) atoms. The summed E-state index contributed by atoms with van der Waals surface area (Å²) in [6, 6.07) is 4.03. The van der Waals surface area contributed by atoms with Gasteiger partial charge in [-0.1, -0.05) is 31.4 Å². The lowest BCUT2D eigenvalue weighted by atomic mass is 9.86. The fraction of sp³-hybridized carbons (Fsp3) is 0.588. The van der Waals surface area contributed by atoms with Crippen LogP contribution in [0.25, 0.3) is 0 Å². The molecular formula is C17H24ClNO2. The van der Waals surface area contributed by atoms with Crippen molar-refractivity contribution in [3.8, 4) is 5.75 Å². The van der Waals surface area contributed by atoms with Gasteiger partial charge in [-0.3, -0.25) is 4.79 Å². The zero-order chi connectivity index (χ0) is 15.4. The third-order valence-electron chi connectivity index (χ3n) is 4.24. The fourth-order valence-corrected chi connectivity index (χ4v) is 3.03. The zero-order valence-corrected chi connectivity index (χ0v) is 13.8. The molecule has 1 aromatic rings. The number of halogens is 1. The van der Waals surface area contributed by atoms with E-state index in [1.54, 1.807) is 0 Å². The first-order valence-electron chi connectivity index (χ1n) is 7.66. The van der Waals surface area contributed by atoms with Gasteiger partial charge < -0.3 is 10.1 Å². The highest BCUT2D eigenvalue weighted by atomic mass is 35.5. The van der Waals surface area contributed by atoms with Crippen molar-refractivity contribution in [2.24, 2.45) is 5.92 Å². The number of benzene rings is 1. The van der Waals surface area contributed by atoms with Gasteiger partial charge in [-0.25, -0.2) is 0 Å². The van der Waals surface area contributed by atoms with E-state index in [0.717, 1.165) is 22.6 Å². The average molecular weight is 310 g/mol. The van der Waals surface area contributed by atoms with Crippen molar-refractivity contribution in [1.82, 2.24) is 5.32 Å². The van der Waals surface area contributed by atoms with Crippen molar-refractivity contribution in [1.29, 1.82) is 0 Å². The number of hydrogen-bond donors (Lipinski definition) is 1. The third kappa shape index (κ3) is 4.37. The van der Waals surface area contributed by atoms with E-state index in [4.69, 9.17) is 16.3 Å². The molecule has 0 unspecified atom stereocenters. The molecule has 0 saturated heterocycles. The van der Waals surface area contributed by atoms with E-state index in [-0.39, 0.29) is 12.5 Å². The molecule has 0 aromatic heterocycles. The molecular weight excluding hydrogens is 286 g/mol. The Morgan fingerprint density at radius 3 is 2.52 bits per heavy atom. The van der Waals surface area contributed by atoms with E-state index in [9.17, 15) is 4.79 Å². The highest BCUT2D eigenvalue weighted by Gasteiger charge is 2.22. The smallest absolute Gasteiger partial charge is 0.258 e. The largest absolute Gasteiger partial charge is 0.484 e. The molecule has 1 aliphatic rings. The number of hydrogen-bond acceptors (Lipinski definition) is 2. The minimum Gasteiger partial charge on any atom is -0.484 e. The lowest BCUT2D eigenvalue weighted by Gasteiger charge is -2.29. The first-order chi connectivity index (χ1) is 9.97. The molecule has 3 nitrogen and oxygen atoms in total. The molecule has 2 rings (SSSR count). The van der Waals surface area contributed by atoms with Crippen molar-refractivity contribution in [3.63, 3.8) is 0 Å². The Bertz CT molecular complexity index is 493. The van der Waals surface area contributed by atoms with Crippen LogP contribution in [0, 0.1) is 19.8 Å². The minimum absolute atomic E-state index is 0.0426. The summed E-state index contributed by atoms with van der Waals surface area (Å²) in [7, 11) is 0. The van der Waals surface area contributed by atoms with E-state index in [0.29, 0.717) is 17.7 Å². The van der Waals surface area contributed by atoms with Crippen LogP contribution in [0.1, 0.15) is 43.7 Å². The molecule has 4 heteroatoms. The molecule has 1 saturated carbocycles. The SMILES string of the molecule is Cc1cc(OCC(=O)N[C@@H]2CCCC[C@@H]2C)cc(C)c1Cl. The molecule has 1 amide bonds. The van der Waals surface area contributed by atoms with Crippen LogP contribution in [0.2, 0.25) is 5.02 Å². The van der Waals surface area contributed by atoms with Crippen molar-refractivity contribution in [3.05, 3.63) is 28.3 Å². The Morgan fingerprint density at radius 2 is 1.90 bits per heavy atom. The Balaban J connectivity index is 1.86. The van der Waals surface area contributed by atoms with Crippen LogP contribution in [-0.2, 0) is 4.79 Å². The molecule has 0 spiro atoms. The van der Waals surface area contributed by atoms with Crippen LogP contribution in [0.15, 0.2) is 12.1 Å². The average Bonchev–Trinajstić information content (AvgIpc) is 2.45. The lowest BCUT2D eigenvalue weighted by Crippen LogP contribution is -2.43. The standard InChI is InChI=1S/C17H24ClNO2/c1-11-6-4-5-7-15(11)19-16(20)10-21-14-8-12(2)17(18)13(3)9-14/h8-9,11,15H,4-7,10H2,1-3H3,(H,19,20)/t11-,15+/m0/s1. The summed E-state index contributed by atoms with van der Waals surface area (Å²) in [5.41, 5.74) is 1.93. The zero-order valence-electron chi connectivity index (χ0n) is 13.0. The van der Waals surface area contributed by atoms with E-state index >= 15 is 0 Å². The molecule has 0 radical (unpaired) electrons. The monoisotopic (exact) mass is 309 g/mol. The van der Waals surface area contributed by atoms with Crippen LogP contribution in [-0.4, -0.2) is 18.6 Å². The number of ether oxygens (including phenoxy) is 1. The maximum absolute atomic E-state index is 12.0. The van der Waals surface area contributed by atoms with Gasteiger partial charge in [0.05, 0.1) is 0 Å². The van der Waals surface area contributed by atoms with Crippen molar-refractivity contribution >= 4 is 17.5 Å². The normalized spacial score (nSPS) is 21.9. The molecule has 116 valence electrons. The molecule has 1 aromatic carbocycles. The summed E-state index contributed by atoms with van der Waals surface area (Å²) in [6.07, 6.45) is 4.74. The second-order valence-electron chi connectivity index (χ2n) is 6.10. The van der Waals surface area contributed by atoms with Gasteiger partial charge in [0, 0.05) is 11.1 Å². The number of aryl methyl sites for hydroxylation is 2. The van der Waals surface area contributed by atoms with Crippen LogP contribution in [0.4, 0.5) is 0 Å². The number of nitrogens with one attached hydrogen (secondary N) is 1. The summed E-state index contributed by atoms with van der Waals surface area (Å²) in [4.78, 5) is 12.0. The Labute approximate surface area is 132 Å². The highest BCUT2D eigenvalue weighted by Crippen LogP contribution is 2.26. The van der Waals surface area contributed by atoms with Crippen LogP contribution in [0.5, 0.6) is 5.75 Å². The maximum atomic E-state index is 12.0. The van der Waals surface area contributed by atoms with E-state index in [1.165, 1.54) is 19.3 Å². The van der Waals surface area contributed by atoms with Gasteiger partial charge >= 0.3 is 0 Å². The lowest BCUT2D eigenvalue weighted by molar-refractivity contribution is -0.124. The van der Waals surface area contributed by atoms with Gasteiger partial charge in [0.15, 0.2) is 6.61 Å². The predicted molar refractivity (Wildman–Crippen MR) is 86.0 cm³/mol. The summed E-state index contributed by atoms with van der Waals surface area (Å²) in [5, 5.41) is 3.84. The van der Waals surface area contributed by atoms with Crippen LogP contribution < -0.4 is 10.1 Å². The van der Waals surface area contributed by atoms with E-state index < -0.39 is 0 Å². The molecule has 1 N–H and O–H groups in total. The van der Waals surface area contributed by atoms with E-state index in [2.05, 4.69) is 12.2 Å². The second-order valence-corrected chi connectivity index (χ2v) is 6.47. The molecule has 0 aliphatic heterocycles. The van der Waals surface area contributed by atoms with Crippen LogP contribution >= 0.6 is 11.6 Å². The molecule has 1 fully saturated rings. The molecule has 0 heterocycles. The number of rotatable bonds is 4. The van der Waals surface area contributed by atoms with Crippen molar-refractivity contribution in [2.45, 2.75) is 52.5 Å². The quantitative estimate of drug-likeness (QED) is 0.912. The first kappa shape index (κ1) is 16.2. The predicted octanol–water partition coefficient (Wildman–Crippen LogP) is 4.03. The van der Waals surface area contributed by atoms with Gasteiger partial charge in [-0.15, -0.1) is 0 Å². The van der Waals surface area contributed by atoms with Gasteiger partial charge in [-0.2, -0.15) is 0 Å². The Morgan fingerprint density at radius 1 is 1.29 bits per heavy atom. The topological polar surface area (TPSA) is 38.3 Å². The number of carbonyl (C=O) groups excluding carboxylic acids is 1. The number of carbonyl (C=O) groups is 1. The van der Waals surface area contributed by atoms with Gasteiger partial charge in [-0.05, 0) is 55.9 Å². The van der Waals surface area contributed by atoms with Gasteiger partial charge in [0.25, 0.3) is 5.91 Å². The summed E-state index contributed by atoms with van der Waals surface area (Å²) in [5.74, 6) is 1.21. The fourth-order valence-electron chi connectivity index (χ4n) is 2.92. The third-order valence-corrected chi connectivity index (χ3v) is 4.83. The van der Waals surface area contributed by atoms with Crippen molar-refractivity contribution < 1.29 is 9.53 Å². The first-order valence-corrected chi connectivity index (χ1v) is 8.04. The van der Waals surface area contributed by atoms with E-state index in [1.807, 2.05) is 26.0 Å². The molecule has 1 aliphatic carbocycles. The summed E-state index contributed by atoms with van der Waals surface area (Å²) >= 11 is 6.12. The molecule has 2 atom stereocenters. The summed E-state index contributed by atoms with van der Waals surface area (Å²) in [6.45, 7) is 6.14. The second kappa shape index (κ2) is 7.17. The van der Waals surface area contributed by atoms with Crippen molar-refractivity contribution in [2.75, 3.05) is 6.61 Å². The maximum Gasteiger partial charge on any atom is 0.258 e. The summed E-state index contributed by atoms with van der Waals surface area (Å²) < 4.78 is 5.59. The molecule has 0 bridgehead atoms. The minimum atomic E-state index is -0.0426. The van der Waals surface area contributed by atoms with Gasteiger partial charge in [0.2, 0.25) is 0 Å². The Hall–Kier alpha value is -1.22. The van der Waals surface area contributed by atoms with Crippen LogP contribution in [0.3, 0.4) is 0 Å². The number of amides is 1.